The van der Waals surface area contributed by atoms with Crippen molar-refractivity contribution >= 4 is 16.7 Å². The van der Waals surface area contributed by atoms with Crippen LogP contribution in [0.2, 0.25) is 0 Å². The molecule has 1 fully saturated rings. The maximum Gasteiger partial charge on any atom is 0.259 e. The Morgan fingerprint density at radius 2 is 2.04 bits per heavy atom. The number of benzene rings is 1. The van der Waals surface area contributed by atoms with Crippen LogP contribution < -0.4 is 15.0 Å². The van der Waals surface area contributed by atoms with Crippen LogP contribution in [0.25, 0.3) is 10.8 Å². The summed E-state index contributed by atoms with van der Waals surface area (Å²) in [6.45, 7) is 1.29. The Labute approximate surface area is 158 Å². The van der Waals surface area contributed by atoms with Crippen molar-refractivity contribution in [3.8, 4) is 11.5 Å². The molecule has 0 aliphatic carbocycles. The molecule has 0 bridgehead atoms. The molecule has 3 rings (SSSR count). The predicted octanol–water partition coefficient (Wildman–Crippen LogP) is 2.05. The lowest BCUT2D eigenvalue weighted by Crippen LogP contribution is -2.40. The van der Waals surface area contributed by atoms with Gasteiger partial charge in [-0.3, -0.25) is 9.59 Å². The number of pyridine rings is 1. The molecule has 1 aromatic carbocycles. The summed E-state index contributed by atoms with van der Waals surface area (Å²) in [5.41, 5.74) is -0.232. The highest BCUT2D eigenvalue weighted by atomic mass is 16.5. The SMILES string of the molecule is COc1ccc2c(=O)n(CC(=O)N(C)CC3CCCCO3)ccc2c1OC. The quantitative estimate of drug-likeness (QED) is 0.774. The third-order valence-corrected chi connectivity index (χ3v) is 4.98. The van der Waals surface area contributed by atoms with E-state index >= 15 is 0 Å². The van der Waals surface area contributed by atoms with Crippen molar-refractivity contribution < 1.29 is 19.0 Å². The number of fused-ring (bicyclic) bond motifs is 1. The van der Waals surface area contributed by atoms with Crippen molar-refractivity contribution in [2.45, 2.75) is 31.9 Å². The van der Waals surface area contributed by atoms with Crippen LogP contribution in [0.1, 0.15) is 19.3 Å². The van der Waals surface area contributed by atoms with Crippen LogP contribution in [0.4, 0.5) is 0 Å². The topological polar surface area (TPSA) is 70.0 Å². The number of hydrogen-bond donors (Lipinski definition) is 0. The van der Waals surface area contributed by atoms with Crippen LogP contribution in [0.15, 0.2) is 29.2 Å². The molecule has 0 N–H and O–H groups in total. The number of hydrogen-bond acceptors (Lipinski definition) is 5. The highest BCUT2D eigenvalue weighted by molar-refractivity contribution is 5.90. The number of nitrogens with zero attached hydrogens (tertiary/aromatic N) is 2. The molecule has 0 radical (unpaired) electrons. The zero-order valence-corrected chi connectivity index (χ0v) is 16.1. The van der Waals surface area contributed by atoms with Gasteiger partial charge in [0.15, 0.2) is 11.5 Å². The maximum absolute atomic E-state index is 12.8. The van der Waals surface area contributed by atoms with Gasteiger partial charge in [-0.05, 0) is 37.5 Å². The van der Waals surface area contributed by atoms with Gasteiger partial charge < -0.3 is 23.7 Å². The van der Waals surface area contributed by atoms with Crippen LogP contribution in [0, 0.1) is 0 Å². The highest BCUT2D eigenvalue weighted by Gasteiger charge is 2.20. The van der Waals surface area contributed by atoms with E-state index in [1.165, 1.54) is 11.7 Å². The molecule has 1 unspecified atom stereocenters. The Bertz CT molecular complexity index is 871. The van der Waals surface area contributed by atoms with E-state index < -0.39 is 0 Å². The van der Waals surface area contributed by atoms with E-state index in [1.54, 1.807) is 43.5 Å². The molecule has 2 aromatic rings. The Balaban J connectivity index is 1.79. The number of carbonyl (C=O) groups is 1. The van der Waals surface area contributed by atoms with E-state index in [1.807, 2.05) is 0 Å². The van der Waals surface area contributed by atoms with Gasteiger partial charge in [0.05, 0.1) is 25.7 Å². The first-order chi connectivity index (χ1) is 13.0. The molecular formula is C20H26N2O5. The number of rotatable bonds is 6. The van der Waals surface area contributed by atoms with E-state index in [2.05, 4.69) is 0 Å². The van der Waals surface area contributed by atoms with Crippen LogP contribution in [0.5, 0.6) is 11.5 Å². The van der Waals surface area contributed by atoms with Crippen LogP contribution >= 0.6 is 0 Å². The molecule has 0 spiro atoms. The molecule has 1 amide bonds. The minimum Gasteiger partial charge on any atom is -0.493 e. The molecule has 146 valence electrons. The monoisotopic (exact) mass is 374 g/mol. The summed E-state index contributed by atoms with van der Waals surface area (Å²) in [5.74, 6) is 0.952. The number of carbonyl (C=O) groups excluding carboxylic acids is 1. The number of likely N-dealkylation sites (N-methyl/N-ethyl adjacent to an activating group) is 1. The molecule has 0 saturated carbocycles. The van der Waals surface area contributed by atoms with Crippen molar-refractivity contribution in [2.24, 2.45) is 0 Å². The second-order valence-corrected chi connectivity index (χ2v) is 6.77. The summed E-state index contributed by atoms with van der Waals surface area (Å²) >= 11 is 0. The molecular weight excluding hydrogens is 348 g/mol. The first-order valence-corrected chi connectivity index (χ1v) is 9.15. The lowest BCUT2D eigenvalue weighted by Gasteiger charge is -2.27. The molecule has 7 nitrogen and oxygen atoms in total. The van der Waals surface area contributed by atoms with Gasteiger partial charge in [-0.1, -0.05) is 0 Å². The van der Waals surface area contributed by atoms with Crippen molar-refractivity contribution in [3.05, 3.63) is 34.7 Å². The lowest BCUT2D eigenvalue weighted by molar-refractivity contribution is -0.133. The average Bonchev–Trinajstić information content (AvgIpc) is 2.69. The minimum absolute atomic E-state index is 0.00760. The highest BCUT2D eigenvalue weighted by Crippen LogP contribution is 2.33. The summed E-state index contributed by atoms with van der Waals surface area (Å²) < 4.78 is 17.8. The number of amides is 1. The van der Waals surface area contributed by atoms with E-state index in [-0.39, 0.29) is 24.1 Å². The Kier molecular flexibility index (Phi) is 6.01. The largest absolute Gasteiger partial charge is 0.493 e. The molecule has 1 aromatic heterocycles. The van der Waals surface area contributed by atoms with Crippen LogP contribution in [-0.4, -0.2) is 55.9 Å². The number of ether oxygens (including phenoxy) is 3. The van der Waals surface area contributed by atoms with Gasteiger partial charge in [0.25, 0.3) is 5.56 Å². The lowest BCUT2D eigenvalue weighted by atomic mass is 10.1. The van der Waals surface area contributed by atoms with E-state index in [0.29, 0.717) is 28.8 Å². The second-order valence-electron chi connectivity index (χ2n) is 6.77. The second kappa shape index (κ2) is 8.43. The summed E-state index contributed by atoms with van der Waals surface area (Å²) in [6, 6.07) is 5.16. The van der Waals surface area contributed by atoms with Gasteiger partial charge in [-0.25, -0.2) is 0 Å². The maximum atomic E-state index is 12.8. The zero-order chi connectivity index (χ0) is 19.4. The average molecular weight is 374 g/mol. The third kappa shape index (κ3) is 4.08. The van der Waals surface area contributed by atoms with Crippen molar-refractivity contribution in [3.63, 3.8) is 0 Å². The standard InChI is InChI=1S/C20H26N2O5/c1-21(12-14-6-4-5-11-27-14)18(23)13-22-10-9-15-16(20(22)24)7-8-17(25-2)19(15)26-3/h7-10,14H,4-6,11-13H2,1-3H3. The summed E-state index contributed by atoms with van der Waals surface area (Å²) in [5, 5.41) is 1.15. The van der Waals surface area contributed by atoms with Crippen molar-refractivity contribution in [1.29, 1.82) is 0 Å². The van der Waals surface area contributed by atoms with Gasteiger partial charge in [-0.2, -0.15) is 0 Å². The first kappa shape index (κ1) is 19.2. The van der Waals surface area contributed by atoms with Gasteiger partial charge in [0.2, 0.25) is 5.91 Å². The molecule has 7 heteroatoms. The Morgan fingerprint density at radius 3 is 2.70 bits per heavy atom. The van der Waals surface area contributed by atoms with E-state index in [4.69, 9.17) is 14.2 Å². The van der Waals surface area contributed by atoms with Crippen LogP contribution in [-0.2, 0) is 16.1 Å². The third-order valence-electron chi connectivity index (χ3n) is 4.98. The molecule has 27 heavy (non-hydrogen) atoms. The Hall–Kier alpha value is -2.54. The first-order valence-electron chi connectivity index (χ1n) is 9.15. The predicted molar refractivity (Wildman–Crippen MR) is 103 cm³/mol. The normalized spacial score (nSPS) is 16.9. The zero-order valence-electron chi connectivity index (χ0n) is 16.1. The van der Waals surface area contributed by atoms with Gasteiger partial charge in [0, 0.05) is 31.8 Å². The molecule has 1 aliphatic rings. The fourth-order valence-electron chi connectivity index (χ4n) is 3.44. The molecule has 2 heterocycles. The van der Waals surface area contributed by atoms with Crippen molar-refractivity contribution in [2.75, 3.05) is 34.4 Å². The van der Waals surface area contributed by atoms with E-state index in [9.17, 15) is 9.59 Å². The fraction of sp³-hybridized carbons (Fsp3) is 0.500. The number of aromatic nitrogens is 1. The van der Waals surface area contributed by atoms with Crippen LogP contribution in [0.3, 0.4) is 0 Å². The van der Waals surface area contributed by atoms with E-state index in [0.717, 1.165) is 25.9 Å². The fourth-order valence-corrected chi connectivity index (χ4v) is 3.44. The van der Waals surface area contributed by atoms with Crippen molar-refractivity contribution in [1.82, 2.24) is 9.47 Å². The molecule has 1 saturated heterocycles. The van der Waals surface area contributed by atoms with Gasteiger partial charge >= 0.3 is 0 Å². The van der Waals surface area contributed by atoms with Gasteiger partial charge in [0.1, 0.15) is 6.54 Å². The summed E-state index contributed by atoms with van der Waals surface area (Å²) in [6.07, 6.45) is 4.87. The molecule has 1 atom stereocenters. The summed E-state index contributed by atoms with van der Waals surface area (Å²) in [4.78, 5) is 27.0. The van der Waals surface area contributed by atoms with Gasteiger partial charge in [-0.15, -0.1) is 0 Å². The minimum atomic E-state index is -0.232. The summed E-state index contributed by atoms with van der Waals surface area (Å²) in [7, 11) is 4.84. The Morgan fingerprint density at radius 1 is 1.22 bits per heavy atom. The number of methoxy groups -OCH3 is 2. The molecule has 1 aliphatic heterocycles. The smallest absolute Gasteiger partial charge is 0.259 e.